The van der Waals surface area contributed by atoms with Crippen molar-refractivity contribution in [1.82, 2.24) is 10.2 Å². The molecule has 0 aliphatic carbocycles. The Bertz CT molecular complexity index is 540. The van der Waals surface area contributed by atoms with E-state index in [4.69, 9.17) is 5.73 Å². The smallest absolute Gasteiger partial charge is 0.257 e. The second-order valence-electron chi connectivity index (χ2n) is 3.85. The molecule has 4 N–H and O–H groups in total. The fourth-order valence-electron chi connectivity index (χ4n) is 1.62. The van der Waals surface area contributed by atoms with E-state index in [0.717, 1.165) is 11.4 Å². The molecule has 0 spiro atoms. The van der Waals surface area contributed by atoms with Crippen LogP contribution in [-0.4, -0.2) is 16.1 Å². The van der Waals surface area contributed by atoms with Gasteiger partial charge in [-0.25, -0.2) is 0 Å². The molecule has 2 aromatic rings. The molecule has 88 valence electrons. The molecule has 1 heterocycles. The van der Waals surface area contributed by atoms with Crippen molar-refractivity contribution in [2.75, 3.05) is 11.1 Å². The van der Waals surface area contributed by atoms with Crippen molar-refractivity contribution in [2.45, 2.75) is 13.8 Å². The maximum Gasteiger partial charge on any atom is 0.257 e. The number of benzene rings is 1. The molecule has 0 saturated heterocycles. The number of nitrogens with zero attached hydrogens (tertiary/aromatic N) is 1. The molecule has 1 aromatic carbocycles. The van der Waals surface area contributed by atoms with Crippen LogP contribution >= 0.6 is 0 Å². The van der Waals surface area contributed by atoms with Crippen molar-refractivity contribution in [3.8, 4) is 0 Å². The van der Waals surface area contributed by atoms with Gasteiger partial charge in [-0.15, -0.1) is 0 Å². The maximum absolute atomic E-state index is 12.0. The van der Waals surface area contributed by atoms with Crippen molar-refractivity contribution < 1.29 is 4.79 Å². The van der Waals surface area contributed by atoms with Gasteiger partial charge in [0.2, 0.25) is 0 Å². The summed E-state index contributed by atoms with van der Waals surface area (Å²) in [6.45, 7) is 3.68. The number of nitrogens with one attached hydrogen (secondary N) is 2. The van der Waals surface area contributed by atoms with Crippen LogP contribution in [0.3, 0.4) is 0 Å². The lowest BCUT2D eigenvalue weighted by Gasteiger charge is -2.07. The highest BCUT2D eigenvalue weighted by molar-refractivity contribution is 6.08. The van der Waals surface area contributed by atoms with Gasteiger partial charge in [0.05, 0.1) is 22.6 Å². The minimum absolute atomic E-state index is 0.226. The Morgan fingerprint density at radius 1 is 1.35 bits per heavy atom. The molecule has 5 heteroatoms. The second-order valence-corrected chi connectivity index (χ2v) is 3.85. The van der Waals surface area contributed by atoms with Crippen LogP contribution in [0, 0.1) is 13.8 Å². The van der Waals surface area contributed by atoms with E-state index in [1.165, 1.54) is 0 Å². The van der Waals surface area contributed by atoms with Gasteiger partial charge >= 0.3 is 0 Å². The summed E-state index contributed by atoms with van der Waals surface area (Å²) >= 11 is 0. The lowest BCUT2D eigenvalue weighted by molar-refractivity contribution is 0.102. The summed E-state index contributed by atoms with van der Waals surface area (Å²) in [6, 6.07) is 6.96. The molecule has 0 aliphatic rings. The average molecular weight is 230 g/mol. The van der Waals surface area contributed by atoms with Crippen LogP contribution in [-0.2, 0) is 0 Å². The number of hydrogen-bond acceptors (Lipinski definition) is 3. The Balaban J connectivity index is 2.27. The molecule has 5 nitrogen and oxygen atoms in total. The largest absolute Gasteiger partial charge is 0.398 e. The number of rotatable bonds is 2. The molecule has 0 aliphatic heterocycles. The summed E-state index contributed by atoms with van der Waals surface area (Å²) in [6.07, 6.45) is 0. The van der Waals surface area contributed by atoms with Crippen LogP contribution in [0.2, 0.25) is 0 Å². The molecule has 0 saturated carbocycles. The number of carbonyl (C=O) groups is 1. The Morgan fingerprint density at radius 3 is 2.65 bits per heavy atom. The van der Waals surface area contributed by atoms with Crippen LogP contribution in [0.5, 0.6) is 0 Å². The van der Waals surface area contributed by atoms with Crippen LogP contribution in [0.4, 0.5) is 11.4 Å². The van der Waals surface area contributed by atoms with Gasteiger partial charge in [-0.1, -0.05) is 12.1 Å². The van der Waals surface area contributed by atoms with E-state index >= 15 is 0 Å². The van der Waals surface area contributed by atoms with E-state index in [1.54, 1.807) is 24.3 Å². The zero-order chi connectivity index (χ0) is 12.4. The van der Waals surface area contributed by atoms with Gasteiger partial charge in [-0.05, 0) is 26.0 Å². The SMILES string of the molecule is Cc1n[nH]c(C)c1NC(=O)c1ccccc1N. The molecule has 1 aromatic heterocycles. The highest BCUT2D eigenvalue weighted by Gasteiger charge is 2.13. The fourth-order valence-corrected chi connectivity index (χ4v) is 1.62. The van der Waals surface area contributed by atoms with E-state index < -0.39 is 0 Å². The number of aromatic amines is 1. The van der Waals surface area contributed by atoms with Gasteiger partial charge in [0.15, 0.2) is 0 Å². The van der Waals surface area contributed by atoms with Crippen molar-refractivity contribution in [3.05, 3.63) is 41.2 Å². The van der Waals surface area contributed by atoms with Crippen molar-refractivity contribution in [2.24, 2.45) is 0 Å². The molecule has 0 unspecified atom stereocenters. The van der Waals surface area contributed by atoms with Crippen molar-refractivity contribution >= 4 is 17.3 Å². The van der Waals surface area contributed by atoms with E-state index in [2.05, 4.69) is 15.5 Å². The number of amides is 1. The van der Waals surface area contributed by atoms with E-state index in [-0.39, 0.29) is 5.91 Å². The van der Waals surface area contributed by atoms with Crippen molar-refractivity contribution in [1.29, 1.82) is 0 Å². The Labute approximate surface area is 99.0 Å². The van der Waals surface area contributed by atoms with E-state index in [9.17, 15) is 4.79 Å². The molecular weight excluding hydrogens is 216 g/mol. The third kappa shape index (κ3) is 2.13. The first-order valence-electron chi connectivity index (χ1n) is 5.27. The van der Waals surface area contributed by atoms with Gasteiger partial charge in [-0.3, -0.25) is 9.89 Å². The Kier molecular flexibility index (Phi) is 2.82. The van der Waals surface area contributed by atoms with Gasteiger partial charge in [0.1, 0.15) is 0 Å². The summed E-state index contributed by atoms with van der Waals surface area (Å²) < 4.78 is 0. The van der Waals surface area contributed by atoms with Crippen LogP contribution < -0.4 is 11.1 Å². The molecule has 17 heavy (non-hydrogen) atoms. The minimum Gasteiger partial charge on any atom is -0.398 e. The first kappa shape index (κ1) is 11.2. The normalized spacial score (nSPS) is 10.2. The predicted octanol–water partition coefficient (Wildman–Crippen LogP) is 1.86. The number of aryl methyl sites for hydroxylation is 2. The number of anilines is 2. The quantitative estimate of drug-likeness (QED) is 0.688. The third-order valence-corrected chi connectivity index (χ3v) is 2.57. The van der Waals surface area contributed by atoms with E-state index in [1.807, 2.05) is 13.8 Å². The molecule has 0 radical (unpaired) electrons. The molecular formula is C12H14N4O. The highest BCUT2D eigenvalue weighted by Crippen LogP contribution is 2.19. The predicted molar refractivity (Wildman–Crippen MR) is 66.9 cm³/mol. The lowest BCUT2D eigenvalue weighted by atomic mass is 10.1. The third-order valence-electron chi connectivity index (χ3n) is 2.57. The number of para-hydroxylation sites is 1. The fraction of sp³-hybridized carbons (Fsp3) is 0.167. The van der Waals surface area contributed by atoms with Gasteiger partial charge in [0.25, 0.3) is 5.91 Å². The highest BCUT2D eigenvalue weighted by atomic mass is 16.1. The minimum atomic E-state index is -0.226. The topological polar surface area (TPSA) is 83.8 Å². The van der Waals surface area contributed by atoms with Gasteiger partial charge in [-0.2, -0.15) is 5.10 Å². The van der Waals surface area contributed by atoms with Crippen LogP contribution in [0.1, 0.15) is 21.7 Å². The van der Waals surface area contributed by atoms with E-state index in [0.29, 0.717) is 16.9 Å². The number of nitrogen functional groups attached to an aromatic ring is 1. The Morgan fingerprint density at radius 2 is 2.06 bits per heavy atom. The molecule has 0 fully saturated rings. The average Bonchev–Trinajstić information content (AvgIpc) is 2.61. The number of nitrogens with two attached hydrogens (primary N) is 1. The molecule has 2 rings (SSSR count). The number of H-pyrrole nitrogens is 1. The zero-order valence-electron chi connectivity index (χ0n) is 9.74. The maximum atomic E-state index is 12.0. The summed E-state index contributed by atoms with van der Waals surface area (Å²) in [5.41, 5.74) is 8.96. The molecule has 1 amide bonds. The summed E-state index contributed by atoms with van der Waals surface area (Å²) in [5, 5.41) is 9.63. The summed E-state index contributed by atoms with van der Waals surface area (Å²) in [4.78, 5) is 12.0. The molecule has 0 atom stereocenters. The monoisotopic (exact) mass is 230 g/mol. The Hall–Kier alpha value is -2.30. The van der Waals surface area contributed by atoms with Gasteiger partial charge < -0.3 is 11.1 Å². The number of hydrogen-bond donors (Lipinski definition) is 3. The van der Waals surface area contributed by atoms with Crippen LogP contribution in [0.15, 0.2) is 24.3 Å². The number of carbonyl (C=O) groups excluding carboxylic acids is 1. The first-order chi connectivity index (χ1) is 8.09. The lowest BCUT2D eigenvalue weighted by Crippen LogP contribution is -2.14. The summed E-state index contributed by atoms with van der Waals surface area (Å²) in [5.74, 6) is -0.226. The summed E-state index contributed by atoms with van der Waals surface area (Å²) in [7, 11) is 0. The zero-order valence-corrected chi connectivity index (χ0v) is 9.74. The molecule has 0 bridgehead atoms. The van der Waals surface area contributed by atoms with Crippen LogP contribution in [0.25, 0.3) is 0 Å². The standard InChI is InChI=1S/C12H14N4O/c1-7-11(8(2)16-15-7)14-12(17)9-5-3-4-6-10(9)13/h3-6H,13H2,1-2H3,(H,14,17)(H,15,16). The van der Waals surface area contributed by atoms with Crippen molar-refractivity contribution in [3.63, 3.8) is 0 Å². The number of aromatic nitrogens is 2. The van der Waals surface area contributed by atoms with Gasteiger partial charge in [0, 0.05) is 5.69 Å². The second kappa shape index (κ2) is 4.29. The first-order valence-corrected chi connectivity index (χ1v) is 5.27.